The lowest BCUT2D eigenvalue weighted by atomic mass is 9.47. The van der Waals surface area contributed by atoms with Crippen LogP contribution in [0, 0.1) is 11.8 Å². The first kappa shape index (κ1) is 29.2. The van der Waals surface area contributed by atoms with Gasteiger partial charge in [0.25, 0.3) is 0 Å². The number of rotatable bonds is 6. The molecular formula is C42H47N3O6. The van der Waals surface area contributed by atoms with Crippen LogP contribution in [0.1, 0.15) is 95.5 Å². The van der Waals surface area contributed by atoms with Crippen LogP contribution in [0.25, 0.3) is 0 Å². The van der Waals surface area contributed by atoms with E-state index in [-0.39, 0.29) is 24.3 Å². The highest BCUT2D eigenvalue weighted by Crippen LogP contribution is 2.73. The van der Waals surface area contributed by atoms with Crippen LogP contribution in [-0.2, 0) is 36.5 Å². The third kappa shape index (κ3) is 3.14. The van der Waals surface area contributed by atoms with Crippen LogP contribution in [0.4, 0.5) is 0 Å². The van der Waals surface area contributed by atoms with Crippen molar-refractivity contribution in [3.05, 3.63) is 69.0 Å². The molecule has 9 nitrogen and oxygen atoms in total. The maximum atomic E-state index is 13.7. The van der Waals surface area contributed by atoms with E-state index in [1.165, 1.54) is 47.9 Å². The molecule has 5 heterocycles. The Balaban J connectivity index is 1.03. The molecule has 51 heavy (non-hydrogen) atoms. The van der Waals surface area contributed by atoms with Crippen molar-refractivity contribution in [1.82, 2.24) is 14.8 Å². The number of aliphatic hydroxyl groups is 2. The molecule has 2 saturated carbocycles. The molecule has 9 heteroatoms. The zero-order chi connectivity index (χ0) is 33.8. The zero-order valence-corrected chi connectivity index (χ0v) is 29.6. The van der Waals surface area contributed by atoms with E-state index >= 15 is 0 Å². The number of likely N-dealkylation sites (tertiary alicyclic amines) is 2. The topological polar surface area (TPSA) is 99.7 Å². The van der Waals surface area contributed by atoms with Crippen LogP contribution in [0.15, 0.2) is 24.3 Å². The van der Waals surface area contributed by atoms with E-state index in [1.807, 2.05) is 0 Å². The van der Waals surface area contributed by atoms with Gasteiger partial charge in [0.1, 0.15) is 0 Å². The molecule has 10 aliphatic rings. The van der Waals surface area contributed by atoms with Crippen molar-refractivity contribution in [1.29, 1.82) is 0 Å². The predicted octanol–water partition coefficient (Wildman–Crippen LogP) is 4.43. The highest BCUT2D eigenvalue weighted by molar-refractivity contribution is 5.69. The summed E-state index contributed by atoms with van der Waals surface area (Å²) < 4.78 is 26.3. The van der Waals surface area contributed by atoms with Crippen molar-refractivity contribution >= 4 is 0 Å². The van der Waals surface area contributed by atoms with Crippen molar-refractivity contribution in [2.24, 2.45) is 11.8 Å². The van der Waals surface area contributed by atoms with Gasteiger partial charge in [0.15, 0.2) is 35.2 Å². The van der Waals surface area contributed by atoms with Gasteiger partial charge < -0.3 is 34.1 Å². The summed E-state index contributed by atoms with van der Waals surface area (Å²) in [4.78, 5) is 9.28. The van der Waals surface area contributed by atoms with Crippen LogP contribution in [0.5, 0.6) is 23.0 Å². The maximum Gasteiger partial charge on any atom is 0.166 e. The summed E-state index contributed by atoms with van der Waals surface area (Å²) >= 11 is 0. The summed E-state index contributed by atoms with van der Waals surface area (Å²) in [6.07, 6.45) is 8.81. The van der Waals surface area contributed by atoms with Crippen LogP contribution < -0.4 is 18.9 Å². The standard InChI is InChI=1S/C42H47N3O6/c1-48-27-9-7-23-15-29-41(46)17-25-26-18-42(47)30-16-24-8-10-28(49-2)36-32(24)40(42,12-14-45(30)20-22-5-6-22)38(51-36)34(26)43-33(25)37-39(41,31(23)35(27)50-37)11-13-44(29)19-21-3-4-21/h7-10,21-22,29-30,37-38,43,46-47H,3-6,11-20H2,1-2H3/t29-,30-,37+,38+,39+,40+,41-,42-/m1/s1. The fraction of sp³-hybridized carbons (Fsp3) is 0.619. The Hall–Kier alpha value is -3.24. The van der Waals surface area contributed by atoms with Gasteiger partial charge in [0, 0.05) is 49.1 Å². The fourth-order valence-electron chi connectivity index (χ4n) is 13.7. The zero-order valence-electron chi connectivity index (χ0n) is 29.6. The molecular weight excluding hydrogens is 642 g/mol. The minimum absolute atomic E-state index is 0.00316. The van der Waals surface area contributed by atoms with Crippen molar-refractivity contribution in [3.8, 4) is 23.0 Å². The number of hydrogen-bond donors (Lipinski definition) is 3. The summed E-state index contributed by atoms with van der Waals surface area (Å²) in [7, 11) is 3.44. The molecule has 4 bridgehead atoms. The van der Waals surface area contributed by atoms with Crippen LogP contribution in [0.3, 0.4) is 0 Å². The number of benzene rings is 2. The maximum absolute atomic E-state index is 13.7. The number of aromatic nitrogens is 1. The second kappa shape index (κ2) is 9.09. The van der Waals surface area contributed by atoms with E-state index < -0.39 is 22.0 Å². The molecule has 0 unspecified atom stereocenters. The molecule has 0 radical (unpaired) electrons. The Labute approximate surface area is 298 Å². The van der Waals surface area contributed by atoms with Gasteiger partial charge in [0.05, 0.1) is 47.6 Å². The number of fused-ring (bicyclic) bond motifs is 5. The minimum Gasteiger partial charge on any atom is -0.493 e. The summed E-state index contributed by atoms with van der Waals surface area (Å²) in [5.41, 5.74) is 6.16. The number of hydrogen-bond acceptors (Lipinski definition) is 8. The number of piperidine rings is 2. The molecule has 3 aromatic rings. The average Bonchev–Trinajstić information content (AvgIpc) is 4.02. The number of aromatic amines is 1. The van der Waals surface area contributed by atoms with E-state index in [4.69, 9.17) is 18.9 Å². The van der Waals surface area contributed by atoms with Gasteiger partial charge in [-0.2, -0.15) is 0 Å². The highest BCUT2D eigenvalue weighted by atomic mass is 16.5. The fourth-order valence-corrected chi connectivity index (χ4v) is 13.7. The summed E-state index contributed by atoms with van der Waals surface area (Å²) in [6, 6.07) is 8.60. The molecule has 266 valence electrons. The molecule has 6 aliphatic carbocycles. The summed E-state index contributed by atoms with van der Waals surface area (Å²) in [6.45, 7) is 4.04. The van der Waals surface area contributed by atoms with E-state index in [0.29, 0.717) is 12.8 Å². The van der Waals surface area contributed by atoms with E-state index in [1.54, 1.807) is 14.2 Å². The molecule has 2 spiro atoms. The second-order valence-electron chi connectivity index (χ2n) is 18.1. The Kier molecular flexibility index (Phi) is 5.21. The quantitative estimate of drug-likeness (QED) is 0.350. The molecule has 2 aromatic carbocycles. The minimum atomic E-state index is -1.02. The van der Waals surface area contributed by atoms with Crippen LogP contribution in [0.2, 0.25) is 0 Å². The number of nitrogens with zero attached hydrogens (tertiary/aromatic N) is 2. The average molecular weight is 690 g/mol. The lowest BCUT2D eigenvalue weighted by Gasteiger charge is -2.63. The molecule has 8 atom stereocenters. The molecule has 4 aliphatic heterocycles. The third-order valence-electron chi connectivity index (χ3n) is 16.1. The Bertz CT molecular complexity index is 1940. The smallest absolute Gasteiger partial charge is 0.166 e. The molecule has 4 fully saturated rings. The molecule has 3 N–H and O–H groups in total. The van der Waals surface area contributed by atoms with Gasteiger partial charge in [-0.05, 0) is 111 Å². The number of methoxy groups -OCH3 is 2. The first-order valence-corrected chi connectivity index (χ1v) is 19.7. The second-order valence-corrected chi connectivity index (χ2v) is 18.1. The van der Waals surface area contributed by atoms with Gasteiger partial charge in [-0.25, -0.2) is 0 Å². The Morgan fingerprint density at radius 1 is 0.706 bits per heavy atom. The first-order valence-electron chi connectivity index (χ1n) is 19.7. The van der Waals surface area contributed by atoms with E-state index in [0.717, 1.165) is 109 Å². The molecule has 0 amide bonds. The monoisotopic (exact) mass is 689 g/mol. The predicted molar refractivity (Wildman–Crippen MR) is 187 cm³/mol. The Morgan fingerprint density at radius 3 is 1.57 bits per heavy atom. The number of H-pyrrole nitrogens is 1. The largest absolute Gasteiger partial charge is 0.493 e. The lowest BCUT2D eigenvalue weighted by Crippen LogP contribution is -2.75. The van der Waals surface area contributed by atoms with Crippen molar-refractivity contribution in [2.45, 2.75) is 111 Å². The Morgan fingerprint density at radius 2 is 1.16 bits per heavy atom. The summed E-state index contributed by atoms with van der Waals surface area (Å²) in [5.74, 6) is 4.59. The summed E-state index contributed by atoms with van der Waals surface area (Å²) in [5, 5.41) is 27.3. The molecule has 1 aromatic heterocycles. The van der Waals surface area contributed by atoms with Gasteiger partial charge >= 0.3 is 0 Å². The van der Waals surface area contributed by atoms with Gasteiger partial charge in [0.2, 0.25) is 0 Å². The SMILES string of the molecule is COc1ccc2c3c1O[C@H]1c4[nH]c5c(c4C[C@@]4(O)[C@@H](C2)N(CC2CC2)CC[C@]314)C[C@@]1(O)[C@H]2Cc3ccc(OC)c4c3[C@@]1(CCN2CC1CC1)[C@H]5O4. The van der Waals surface area contributed by atoms with Gasteiger partial charge in [-0.3, -0.25) is 9.80 Å². The number of nitrogens with one attached hydrogen (secondary N) is 1. The van der Waals surface area contributed by atoms with Crippen molar-refractivity contribution in [3.63, 3.8) is 0 Å². The van der Waals surface area contributed by atoms with E-state index in [9.17, 15) is 10.2 Å². The molecule has 2 saturated heterocycles. The normalized spacial score (nSPS) is 40.1. The van der Waals surface area contributed by atoms with E-state index in [2.05, 4.69) is 39.0 Å². The van der Waals surface area contributed by atoms with Gasteiger partial charge in [-0.1, -0.05) is 12.1 Å². The van der Waals surface area contributed by atoms with Crippen molar-refractivity contribution < 1.29 is 29.2 Å². The van der Waals surface area contributed by atoms with Gasteiger partial charge in [-0.15, -0.1) is 0 Å². The van der Waals surface area contributed by atoms with Crippen LogP contribution in [-0.4, -0.2) is 88.7 Å². The highest BCUT2D eigenvalue weighted by Gasteiger charge is 2.76. The first-order chi connectivity index (χ1) is 24.8. The lowest BCUT2D eigenvalue weighted by molar-refractivity contribution is -0.176. The molecule has 13 rings (SSSR count). The number of ether oxygens (including phenoxy) is 4. The third-order valence-corrected chi connectivity index (χ3v) is 16.1. The van der Waals surface area contributed by atoms with Crippen LogP contribution >= 0.6 is 0 Å². The van der Waals surface area contributed by atoms with Crippen molar-refractivity contribution in [2.75, 3.05) is 40.4 Å².